The van der Waals surface area contributed by atoms with Crippen LogP contribution in [-0.2, 0) is 0 Å². The topological polar surface area (TPSA) is 24.7 Å². The minimum atomic E-state index is -6.96. The summed E-state index contributed by atoms with van der Waals surface area (Å²) in [6, 6.07) is 0. The lowest BCUT2D eigenvalue weighted by atomic mass is 9.74. The molecule has 0 radical (unpaired) electrons. The zero-order valence-electron chi connectivity index (χ0n) is 8.93. The quantitative estimate of drug-likeness (QED) is 0.596. The normalized spacial score (nSPS) is 39.8. The highest BCUT2D eigenvalue weighted by Gasteiger charge is 3.11. The van der Waals surface area contributed by atoms with Crippen molar-refractivity contribution in [1.29, 1.82) is 0 Å². The number of fused-ring (bicyclic) bond motifs is 1. The molecular formula is C7F12N2. The lowest BCUT2D eigenvalue weighted by molar-refractivity contribution is -0.340. The fourth-order valence-corrected chi connectivity index (χ4v) is 2.36. The molecule has 2 nitrogen and oxygen atoms in total. The van der Waals surface area contributed by atoms with Crippen LogP contribution >= 0.6 is 0 Å². The summed E-state index contributed by atoms with van der Waals surface area (Å²) in [6.07, 6.45) is -13.7. The number of halogens is 12. The highest BCUT2D eigenvalue weighted by molar-refractivity contribution is 5.43. The Labute approximate surface area is 105 Å². The van der Waals surface area contributed by atoms with Crippen molar-refractivity contribution in [2.24, 2.45) is 10.2 Å². The van der Waals surface area contributed by atoms with E-state index in [2.05, 4.69) is 0 Å². The van der Waals surface area contributed by atoms with E-state index in [4.69, 9.17) is 0 Å². The minimum Gasteiger partial charge on any atom is -0.196 e. The summed E-state index contributed by atoms with van der Waals surface area (Å²) in [5, 5.41) is 2.77. The Hall–Kier alpha value is -1.24. The molecule has 14 heteroatoms. The van der Waals surface area contributed by atoms with Crippen molar-refractivity contribution in [2.75, 3.05) is 0 Å². The molecule has 21 heavy (non-hydrogen) atoms. The fourth-order valence-electron chi connectivity index (χ4n) is 2.36. The molecule has 1 aliphatic heterocycles. The Morgan fingerprint density at radius 2 is 0.714 bits per heavy atom. The lowest BCUT2D eigenvalue weighted by Crippen LogP contribution is -2.77. The molecule has 2 rings (SSSR count). The van der Waals surface area contributed by atoms with E-state index >= 15 is 0 Å². The zero-order valence-corrected chi connectivity index (χ0v) is 8.93. The molecule has 0 bridgehead atoms. The molecule has 0 saturated heterocycles. The highest BCUT2D eigenvalue weighted by Crippen LogP contribution is 2.78. The second-order valence-corrected chi connectivity index (χ2v) is 4.34. The molecule has 0 aromatic heterocycles. The van der Waals surface area contributed by atoms with Crippen molar-refractivity contribution in [3.8, 4) is 0 Å². The summed E-state index contributed by atoms with van der Waals surface area (Å²) < 4.78 is 155. The molecule has 0 spiro atoms. The maximum atomic E-state index is 13.2. The Morgan fingerprint density at radius 3 is 0.857 bits per heavy atom. The molecule has 122 valence electrons. The van der Waals surface area contributed by atoms with E-state index in [0.717, 1.165) is 0 Å². The van der Waals surface area contributed by atoms with Gasteiger partial charge in [-0.2, -0.15) is 62.9 Å². The van der Waals surface area contributed by atoms with Gasteiger partial charge in [-0.25, -0.2) is 0 Å². The maximum Gasteiger partial charge on any atom is 0.424 e. The van der Waals surface area contributed by atoms with Crippen molar-refractivity contribution >= 4 is 0 Å². The molecular weight excluding hydrogens is 340 g/mol. The summed E-state index contributed by atoms with van der Waals surface area (Å²) in [6.45, 7) is 0. The number of rotatable bonds is 0. The smallest absolute Gasteiger partial charge is 0.196 e. The van der Waals surface area contributed by atoms with Crippen LogP contribution in [0.25, 0.3) is 0 Å². The van der Waals surface area contributed by atoms with Gasteiger partial charge < -0.3 is 0 Å². The molecule has 1 fully saturated rings. The zero-order chi connectivity index (χ0) is 16.9. The number of hydrogen-bond acceptors (Lipinski definition) is 2. The SMILES string of the molecule is FC(F)(F)C12N=NC1(C(F)(F)F)C(F)(F)C(F)(F)C2(F)F. The molecule has 1 aliphatic carbocycles. The van der Waals surface area contributed by atoms with Crippen LogP contribution in [0.15, 0.2) is 10.2 Å². The number of nitrogens with zero attached hydrogens (tertiary/aromatic N) is 2. The number of hydrogen-bond donors (Lipinski definition) is 0. The van der Waals surface area contributed by atoms with Crippen LogP contribution in [-0.4, -0.2) is 41.2 Å². The van der Waals surface area contributed by atoms with E-state index in [9.17, 15) is 52.7 Å². The van der Waals surface area contributed by atoms with Gasteiger partial charge in [-0.1, -0.05) is 0 Å². The van der Waals surface area contributed by atoms with E-state index < -0.39 is 41.2 Å². The van der Waals surface area contributed by atoms with Crippen LogP contribution in [0.1, 0.15) is 0 Å². The average molecular weight is 340 g/mol. The van der Waals surface area contributed by atoms with Crippen molar-refractivity contribution in [3.05, 3.63) is 0 Å². The van der Waals surface area contributed by atoms with Gasteiger partial charge in [0.2, 0.25) is 0 Å². The van der Waals surface area contributed by atoms with E-state index in [-0.39, 0.29) is 0 Å². The van der Waals surface area contributed by atoms with Crippen molar-refractivity contribution in [2.45, 2.75) is 41.2 Å². The Kier molecular flexibility index (Phi) is 2.49. The Morgan fingerprint density at radius 1 is 0.476 bits per heavy atom. The van der Waals surface area contributed by atoms with Crippen LogP contribution < -0.4 is 0 Å². The third-order valence-corrected chi connectivity index (χ3v) is 3.39. The predicted octanol–water partition coefficient (Wildman–Crippen LogP) is 3.97. The third kappa shape index (κ3) is 1.11. The monoisotopic (exact) mass is 340 g/mol. The second-order valence-electron chi connectivity index (χ2n) is 4.34. The average Bonchev–Trinajstić information content (AvgIpc) is 2.13. The number of azo groups is 1. The first-order valence-corrected chi connectivity index (χ1v) is 4.67. The van der Waals surface area contributed by atoms with Crippen LogP contribution in [0, 0.1) is 0 Å². The van der Waals surface area contributed by atoms with Crippen LogP contribution in [0.4, 0.5) is 52.7 Å². The van der Waals surface area contributed by atoms with Crippen molar-refractivity contribution in [3.63, 3.8) is 0 Å². The first-order valence-electron chi connectivity index (χ1n) is 4.67. The molecule has 2 aliphatic rings. The maximum absolute atomic E-state index is 13.2. The summed E-state index contributed by atoms with van der Waals surface area (Å²) in [5.41, 5.74) is -12.2. The van der Waals surface area contributed by atoms with Gasteiger partial charge in [0.25, 0.3) is 11.1 Å². The molecule has 0 amide bonds. The molecule has 1 heterocycles. The summed E-state index contributed by atoms with van der Waals surface area (Å²) >= 11 is 0. The summed E-state index contributed by atoms with van der Waals surface area (Å²) in [7, 11) is 0. The standard InChI is InChI=1S/C7F12N2/c8-3(9)1(6(14,15)16)2(21-20-1,7(17,18)19)4(10,11)5(3,12)13. The van der Waals surface area contributed by atoms with Crippen molar-refractivity contribution < 1.29 is 52.7 Å². The molecule has 2 atom stereocenters. The Bertz CT molecular complexity index is 471. The van der Waals surface area contributed by atoms with Crippen LogP contribution in [0.2, 0.25) is 0 Å². The predicted molar refractivity (Wildman–Crippen MR) is 37.3 cm³/mol. The van der Waals surface area contributed by atoms with Gasteiger partial charge in [-0.3, -0.25) is 0 Å². The third-order valence-electron chi connectivity index (χ3n) is 3.39. The molecule has 0 aromatic carbocycles. The van der Waals surface area contributed by atoms with Gasteiger partial charge >= 0.3 is 30.1 Å². The van der Waals surface area contributed by atoms with Gasteiger partial charge in [0.05, 0.1) is 0 Å². The van der Waals surface area contributed by atoms with Gasteiger partial charge in [0, 0.05) is 0 Å². The van der Waals surface area contributed by atoms with Gasteiger partial charge in [-0.05, 0) is 0 Å². The fraction of sp³-hybridized carbons (Fsp3) is 1.00. The summed E-state index contributed by atoms with van der Waals surface area (Å²) in [4.78, 5) is 0. The van der Waals surface area contributed by atoms with Crippen LogP contribution in [0.5, 0.6) is 0 Å². The lowest BCUT2D eigenvalue weighted by Gasteiger charge is -2.47. The van der Waals surface area contributed by atoms with Gasteiger partial charge in [0.1, 0.15) is 0 Å². The van der Waals surface area contributed by atoms with Crippen molar-refractivity contribution in [1.82, 2.24) is 0 Å². The van der Waals surface area contributed by atoms with E-state index in [1.165, 1.54) is 10.2 Å². The molecule has 0 aromatic rings. The van der Waals surface area contributed by atoms with E-state index in [0.29, 0.717) is 0 Å². The van der Waals surface area contributed by atoms with E-state index in [1.54, 1.807) is 0 Å². The number of alkyl halides is 12. The molecule has 0 N–H and O–H groups in total. The molecule has 2 unspecified atom stereocenters. The van der Waals surface area contributed by atoms with Crippen LogP contribution in [0.3, 0.4) is 0 Å². The molecule has 1 saturated carbocycles. The highest BCUT2D eigenvalue weighted by atomic mass is 19.4. The van der Waals surface area contributed by atoms with Gasteiger partial charge in [-0.15, -0.1) is 0 Å². The minimum absolute atomic E-state index is 1.39. The second kappa shape index (κ2) is 3.24. The summed E-state index contributed by atoms with van der Waals surface area (Å²) in [5.74, 6) is -20.7. The van der Waals surface area contributed by atoms with Gasteiger partial charge in [0.15, 0.2) is 0 Å². The Balaban J connectivity index is 2.96. The first kappa shape index (κ1) is 16.1. The van der Waals surface area contributed by atoms with E-state index in [1.807, 2.05) is 0 Å². The first-order chi connectivity index (χ1) is 8.96. The largest absolute Gasteiger partial charge is 0.424 e.